The van der Waals surface area contributed by atoms with Crippen molar-refractivity contribution in [1.29, 1.82) is 0 Å². The number of likely N-dealkylation sites (tertiary alicyclic amines) is 1. The van der Waals surface area contributed by atoms with Crippen LogP contribution in [0.5, 0.6) is 0 Å². The van der Waals surface area contributed by atoms with Gasteiger partial charge in [0.1, 0.15) is 0 Å². The Bertz CT molecular complexity index is 643. The Hall–Kier alpha value is -2.24. The number of aryl methyl sites for hydroxylation is 1. The van der Waals surface area contributed by atoms with Crippen molar-refractivity contribution >= 4 is 5.91 Å². The van der Waals surface area contributed by atoms with Gasteiger partial charge in [-0.2, -0.15) is 5.10 Å². The second-order valence-electron chi connectivity index (χ2n) is 5.48. The molecular weight excluding hydrogens is 266 g/mol. The highest BCUT2D eigenvalue weighted by atomic mass is 16.2. The van der Waals surface area contributed by atoms with E-state index in [1.165, 1.54) is 0 Å². The van der Waals surface area contributed by atoms with Crippen molar-refractivity contribution in [1.82, 2.24) is 25.1 Å². The van der Waals surface area contributed by atoms with Gasteiger partial charge in [-0.15, -0.1) is 0 Å². The van der Waals surface area contributed by atoms with Gasteiger partial charge >= 0.3 is 0 Å². The van der Waals surface area contributed by atoms with E-state index in [2.05, 4.69) is 20.2 Å². The van der Waals surface area contributed by atoms with Crippen molar-refractivity contribution in [3.8, 4) is 11.3 Å². The van der Waals surface area contributed by atoms with Gasteiger partial charge in [0, 0.05) is 49.6 Å². The molecule has 1 aliphatic heterocycles. The summed E-state index contributed by atoms with van der Waals surface area (Å²) < 4.78 is 0. The van der Waals surface area contributed by atoms with Crippen LogP contribution in [-0.2, 0) is 4.79 Å². The molecule has 2 aromatic rings. The minimum Gasteiger partial charge on any atom is -0.343 e. The van der Waals surface area contributed by atoms with E-state index >= 15 is 0 Å². The van der Waals surface area contributed by atoms with Crippen LogP contribution in [-0.4, -0.2) is 44.1 Å². The average molecular weight is 285 g/mol. The monoisotopic (exact) mass is 285 g/mol. The quantitative estimate of drug-likeness (QED) is 0.914. The second-order valence-corrected chi connectivity index (χ2v) is 5.48. The third-order valence-corrected chi connectivity index (χ3v) is 4.14. The third kappa shape index (κ3) is 2.66. The molecule has 0 unspecified atom stereocenters. The summed E-state index contributed by atoms with van der Waals surface area (Å²) in [5, 5.41) is 7.02. The smallest absolute Gasteiger partial charge is 0.219 e. The van der Waals surface area contributed by atoms with Gasteiger partial charge in [0.15, 0.2) is 0 Å². The largest absolute Gasteiger partial charge is 0.343 e. The molecule has 3 rings (SSSR count). The minimum absolute atomic E-state index is 0.151. The van der Waals surface area contributed by atoms with Crippen molar-refractivity contribution in [2.75, 3.05) is 13.1 Å². The molecule has 0 radical (unpaired) electrons. The number of H-pyrrole nitrogens is 1. The number of aromatic amines is 1. The van der Waals surface area contributed by atoms with Crippen molar-refractivity contribution in [3.05, 3.63) is 30.0 Å². The van der Waals surface area contributed by atoms with Crippen molar-refractivity contribution in [2.24, 2.45) is 0 Å². The van der Waals surface area contributed by atoms with Gasteiger partial charge < -0.3 is 4.90 Å². The summed E-state index contributed by atoms with van der Waals surface area (Å²) in [6.45, 7) is 5.20. The number of amides is 1. The van der Waals surface area contributed by atoms with Gasteiger partial charge in [-0.25, -0.2) is 0 Å². The summed E-state index contributed by atoms with van der Waals surface area (Å²) in [6, 6.07) is 0. The SMILES string of the molecule is CC(=O)N1CCC(c2nccnc2-c2cn[nH]c2C)CC1. The molecule has 0 bridgehead atoms. The van der Waals surface area contributed by atoms with Gasteiger partial charge in [-0.05, 0) is 19.8 Å². The highest BCUT2D eigenvalue weighted by molar-refractivity contribution is 5.73. The first kappa shape index (κ1) is 13.7. The zero-order valence-corrected chi connectivity index (χ0v) is 12.3. The lowest BCUT2D eigenvalue weighted by Crippen LogP contribution is -2.36. The fraction of sp³-hybridized carbons (Fsp3) is 0.467. The number of carbonyl (C=O) groups is 1. The summed E-state index contributed by atoms with van der Waals surface area (Å²) in [4.78, 5) is 22.4. The molecular formula is C15H19N5O. The second kappa shape index (κ2) is 5.63. The number of carbonyl (C=O) groups excluding carboxylic acids is 1. The number of aromatic nitrogens is 4. The van der Waals surface area contributed by atoms with Crippen molar-refractivity contribution in [3.63, 3.8) is 0 Å². The molecule has 6 heteroatoms. The van der Waals surface area contributed by atoms with E-state index in [0.29, 0.717) is 5.92 Å². The number of rotatable bonds is 2. The fourth-order valence-corrected chi connectivity index (χ4v) is 2.91. The summed E-state index contributed by atoms with van der Waals surface area (Å²) in [7, 11) is 0. The van der Waals surface area contributed by atoms with E-state index in [4.69, 9.17) is 0 Å². The molecule has 1 amide bonds. The molecule has 6 nitrogen and oxygen atoms in total. The Morgan fingerprint density at radius 3 is 2.62 bits per heavy atom. The van der Waals surface area contributed by atoms with Gasteiger partial charge in [0.25, 0.3) is 0 Å². The Balaban J connectivity index is 1.87. The maximum absolute atomic E-state index is 11.4. The van der Waals surface area contributed by atoms with Crippen LogP contribution in [0.4, 0.5) is 0 Å². The highest BCUT2D eigenvalue weighted by Gasteiger charge is 2.26. The molecule has 2 aromatic heterocycles. The Kier molecular flexibility index (Phi) is 3.68. The van der Waals surface area contributed by atoms with E-state index < -0.39 is 0 Å². The number of hydrogen-bond acceptors (Lipinski definition) is 4. The molecule has 0 saturated carbocycles. The number of nitrogens with zero attached hydrogens (tertiary/aromatic N) is 4. The highest BCUT2D eigenvalue weighted by Crippen LogP contribution is 2.33. The number of piperidine rings is 1. The van der Waals surface area contributed by atoms with Crippen LogP contribution in [0.2, 0.25) is 0 Å². The van der Waals surface area contributed by atoms with Crippen LogP contribution < -0.4 is 0 Å². The number of hydrogen-bond donors (Lipinski definition) is 1. The Morgan fingerprint density at radius 1 is 1.29 bits per heavy atom. The van der Waals surface area contributed by atoms with Crippen LogP contribution >= 0.6 is 0 Å². The standard InChI is InChI=1S/C15H19N5O/c1-10-13(9-18-19-10)15-14(16-5-6-17-15)12-3-7-20(8-4-12)11(2)21/h5-6,9,12H,3-4,7-8H2,1-2H3,(H,18,19). The van der Waals surface area contributed by atoms with E-state index in [-0.39, 0.29) is 5.91 Å². The molecule has 0 spiro atoms. The lowest BCUT2D eigenvalue weighted by Gasteiger charge is -2.31. The Morgan fingerprint density at radius 2 is 2.00 bits per heavy atom. The lowest BCUT2D eigenvalue weighted by molar-refractivity contribution is -0.129. The predicted molar refractivity (Wildman–Crippen MR) is 78.6 cm³/mol. The van der Waals surface area contributed by atoms with Gasteiger partial charge in [0.05, 0.1) is 17.6 Å². The van der Waals surface area contributed by atoms with E-state index in [1.807, 2.05) is 11.8 Å². The maximum Gasteiger partial charge on any atom is 0.219 e. The average Bonchev–Trinajstić information content (AvgIpc) is 2.93. The zero-order chi connectivity index (χ0) is 14.8. The molecule has 21 heavy (non-hydrogen) atoms. The van der Waals surface area contributed by atoms with E-state index in [0.717, 1.165) is 48.6 Å². The van der Waals surface area contributed by atoms with Crippen LogP contribution in [0.25, 0.3) is 11.3 Å². The van der Waals surface area contributed by atoms with Crippen LogP contribution in [0.1, 0.15) is 37.1 Å². The summed E-state index contributed by atoms with van der Waals surface area (Å²) in [5.74, 6) is 0.497. The summed E-state index contributed by atoms with van der Waals surface area (Å²) in [6.07, 6.45) is 7.12. The third-order valence-electron chi connectivity index (χ3n) is 4.14. The molecule has 0 aromatic carbocycles. The van der Waals surface area contributed by atoms with Gasteiger partial charge in [-0.3, -0.25) is 19.9 Å². The van der Waals surface area contributed by atoms with Crippen LogP contribution in [0.15, 0.2) is 18.6 Å². The van der Waals surface area contributed by atoms with Crippen LogP contribution in [0, 0.1) is 6.92 Å². The molecule has 0 aliphatic carbocycles. The molecule has 1 N–H and O–H groups in total. The minimum atomic E-state index is 0.151. The van der Waals surface area contributed by atoms with Crippen LogP contribution in [0.3, 0.4) is 0 Å². The first-order valence-electron chi connectivity index (χ1n) is 7.23. The topological polar surface area (TPSA) is 74.8 Å². The van der Waals surface area contributed by atoms with E-state index in [9.17, 15) is 4.79 Å². The molecule has 1 saturated heterocycles. The molecule has 3 heterocycles. The lowest BCUT2D eigenvalue weighted by atomic mass is 9.90. The Labute approximate surface area is 123 Å². The van der Waals surface area contributed by atoms with Crippen molar-refractivity contribution < 1.29 is 4.79 Å². The number of nitrogens with one attached hydrogen (secondary N) is 1. The summed E-state index contributed by atoms with van der Waals surface area (Å²) in [5.41, 5.74) is 3.93. The maximum atomic E-state index is 11.4. The molecule has 110 valence electrons. The normalized spacial score (nSPS) is 16.2. The predicted octanol–water partition coefficient (Wildman–Crippen LogP) is 1.90. The van der Waals surface area contributed by atoms with Gasteiger partial charge in [0.2, 0.25) is 5.91 Å². The van der Waals surface area contributed by atoms with Gasteiger partial charge in [-0.1, -0.05) is 0 Å². The first-order valence-corrected chi connectivity index (χ1v) is 7.23. The summed E-state index contributed by atoms with van der Waals surface area (Å²) >= 11 is 0. The van der Waals surface area contributed by atoms with Crippen molar-refractivity contribution in [2.45, 2.75) is 32.6 Å². The molecule has 1 fully saturated rings. The molecule has 0 atom stereocenters. The fourth-order valence-electron chi connectivity index (χ4n) is 2.91. The molecule has 1 aliphatic rings. The van der Waals surface area contributed by atoms with E-state index in [1.54, 1.807) is 25.5 Å². The zero-order valence-electron chi connectivity index (χ0n) is 12.3. The first-order chi connectivity index (χ1) is 10.2.